The average Bonchev–Trinajstić information content (AvgIpc) is 2.17. The summed E-state index contributed by atoms with van der Waals surface area (Å²) in [5.41, 5.74) is -1.43. The number of alkyl halides is 3. The Labute approximate surface area is 94.2 Å². The monoisotopic (exact) mass is 248 g/mol. The number of rotatable bonds is 2. The van der Waals surface area contributed by atoms with Crippen molar-refractivity contribution in [2.45, 2.75) is 13.1 Å². The summed E-state index contributed by atoms with van der Waals surface area (Å²) in [6.45, 7) is 1.18. The first-order valence-electron chi connectivity index (χ1n) is 4.50. The number of aliphatic carboxylic acids is 1. The van der Waals surface area contributed by atoms with Gasteiger partial charge in [-0.2, -0.15) is 13.2 Å². The van der Waals surface area contributed by atoms with Crippen LogP contribution in [0.5, 0.6) is 0 Å². The van der Waals surface area contributed by atoms with Gasteiger partial charge in [-0.1, -0.05) is 0 Å². The molecule has 17 heavy (non-hydrogen) atoms. The van der Waals surface area contributed by atoms with Crippen LogP contribution in [-0.4, -0.2) is 11.1 Å². The van der Waals surface area contributed by atoms with Gasteiger partial charge in [0.2, 0.25) is 0 Å². The number of aryl methyl sites for hydroxylation is 1. The zero-order valence-corrected chi connectivity index (χ0v) is 8.68. The van der Waals surface area contributed by atoms with E-state index in [2.05, 4.69) is 0 Å². The largest absolute Gasteiger partial charge is 0.478 e. The number of carboxylic acids is 1. The maximum absolute atomic E-state index is 13.3. The van der Waals surface area contributed by atoms with E-state index in [0.717, 1.165) is 12.1 Å². The van der Waals surface area contributed by atoms with Crippen LogP contribution in [0.2, 0.25) is 0 Å². The molecule has 1 N–H and O–H groups in total. The van der Waals surface area contributed by atoms with E-state index in [1.165, 1.54) is 6.92 Å². The summed E-state index contributed by atoms with van der Waals surface area (Å²) in [5.74, 6) is -2.41. The third kappa shape index (κ3) is 3.30. The van der Waals surface area contributed by atoms with Crippen LogP contribution in [0.1, 0.15) is 16.7 Å². The third-order valence-corrected chi connectivity index (χ3v) is 2.05. The number of carboxylic acid groups (broad SMARTS) is 1. The molecule has 1 aromatic rings. The lowest BCUT2D eigenvalue weighted by molar-refractivity contribution is -0.138. The number of hydrogen-bond acceptors (Lipinski definition) is 1. The Bertz CT molecular complexity index is 475. The van der Waals surface area contributed by atoms with Crippen LogP contribution >= 0.6 is 0 Å². The van der Waals surface area contributed by atoms with Gasteiger partial charge in [0, 0.05) is 11.6 Å². The molecule has 0 spiro atoms. The average molecular weight is 248 g/mol. The van der Waals surface area contributed by atoms with Gasteiger partial charge in [-0.3, -0.25) is 0 Å². The van der Waals surface area contributed by atoms with Gasteiger partial charge in [0.15, 0.2) is 0 Å². The molecular weight excluding hydrogens is 240 g/mol. The van der Waals surface area contributed by atoms with E-state index in [0.29, 0.717) is 12.1 Å². The molecule has 2 nitrogen and oxygen atoms in total. The van der Waals surface area contributed by atoms with Crippen LogP contribution in [0.3, 0.4) is 0 Å². The van der Waals surface area contributed by atoms with E-state index in [1.54, 1.807) is 0 Å². The van der Waals surface area contributed by atoms with Crippen LogP contribution in [0.15, 0.2) is 18.2 Å². The van der Waals surface area contributed by atoms with Crippen molar-refractivity contribution < 1.29 is 27.5 Å². The highest BCUT2D eigenvalue weighted by atomic mass is 19.4. The first-order valence-corrected chi connectivity index (χ1v) is 4.50. The minimum absolute atomic E-state index is 0.163. The maximum Gasteiger partial charge on any atom is 0.416 e. The molecule has 0 aliphatic carbocycles. The van der Waals surface area contributed by atoms with Gasteiger partial charge in [-0.15, -0.1) is 0 Å². The first-order chi connectivity index (χ1) is 7.71. The summed E-state index contributed by atoms with van der Waals surface area (Å²) in [5, 5.41) is 8.33. The van der Waals surface area contributed by atoms with Crippen molar-refractivity contribution in [3.05, 3.63) is 40.7 Å². The fourth-order valence-electron chi connectivity index (χ4n) is 1.30. The number of benzene rings is 1. The van der Waals surface area contributed by atoms with E-state index in [-0.39, 0.29) is 11.1 Å². The Hall–Kier alpha value is -1.85. The maximum atomic E-state index is 13.3. The minimum atomic E-state index is -4.63. The smallest absolute Gasteiger partial charge is 0.416 e. The third-order valence-electron chi connectivity index (χ3n) is 2.05. The molecule has 0 bridgehead atoms. The molecule has 92 valence electrons. The molecule has 0 unspecified atom stereocenters. The number of halogens is 4. The molecule has 0 saturated heterocycles. The predicted octanol–water partition coefficient (Wildman–Crippen LogP) is 3.25. The van der Waals surface area contributed by atoms with Crippen LogP contribution in [-0.2, 0) is 11.0 Å². The summed E-state index contributed by atoms with van der Waals surface area (Å²) < 4.78 is 50.5. The molecule has 0 fully saturated rings. The fourth-order valence-corrected chi connectivity index (χ4v) is 1.30. The quantitative estimate of drug-likeness (QED) is 0.644. The molecule has 6 heteroatoms. The fraction of sp³-hybridized carbons (Fsp3) is 0.182. The summed E-state index contributed by atoms with van der Waals surface area (Å²) in [4.78, 5) is 10.2. The molecule has 0 saturated carbocycles. The van der Waals surface area contributed by atoms with Crippen LogP contribution < -0.4 is 0 Å². The van der Waals surface area contributed by atoms with E-state index in [4.69, 9.17) is 5.11 Å². The second-order valence-corrected chi connectivity index (χ2v) is 3.36. The molecule has 0 aromatic heterocycles. The van der Waals surface area contributed by atoms with Crippen molar-refractivity contribution in [1.82, 2.24) is 0 Å². The van der Waals surface area contributed by atoms with Gasteiger partial charge in [-0.25, -0.2) is 9.18 Å². The number of carbonyl (C=O) groups is 1. The molecule has 0 aliphatic rings. The molecule has 0 aliphatic heterocycles. The van der Waals surface area contributed by atoms with Crippen molar-refractivity contribution in [2.75, 3.05) is 0 Å². The standard InChI is InChI=1S/C11H8F4O2/c1-6-4-7(2-3-10(16)17)9(12)5-8(6)11(13,14)15/h2-5H,1H3,(H,16,17). The van der Waals surface area contributed by atoms with E-state index >= 15 is 0 Å². The SMILES string of the molecule is Cc1cc(C=CC(=O)O)c(F)cc1C(F)(F)F. The zero-order valence-electron chi connectivity index (χ0n) is 8.68. The molecule has 1 rings (SSSR count). The van der Waals surface area contributed by atoms with E-state index < -0.39 is 23.5 Å². The van der Waals surface area contributed by atoms with Crippen LogP contribution in [0.25, 0.3) is 6.08 Å². The van der Waals surface area contributed by atoms with Gasteiger partial charge in [-0.05, 0) is 30.7 Å². The van der Waals surface area contributed by atoms with Crippen molar-refractivity contribution in [3.8, 4) is 0 Å². The van der Waals surface area contributed by atoms with E-state index in [9.17, 15) is 22.4 Å². The van der Waals surface area contributed by atoms with Gasteiger partial charge in [0.05, 0.1) is 5.56 Å². The highest BCUT2D eigenvalue weighted by Crippen LogP contribution is 2.33. The van der Waals surface area contributed by atoms with Gasteiger partial charge < -0.3 is 5.11 Å². The van der Waals surface area contributed by atoms with E-state index in [1.807, 2.05) is 0 Å². The van der Waals surface area contributed by atoms with Gasteiger partial charge in [0.1, 0.15) is 5.82 Å². The lowest BCUT2D eigenvalue weighted by Crippen LogP contribution is -2.08. The lowest BCUT2D eigenvalue weighted by Gasteiger charge is -2.11. The normalized spacial score (nSPS) is 12.1. The van der Waals surface area contributed by atoms with Crippen molar-refractivity contribution >= 4 is 12.0 Å². The molecule has 1 aromatic carbocycles. The highest BCUT2D eigenvalue weighted by molar-refractivity contribution is 5.85. The zero-order chi connectivity index (χ0) is 13.2. The van der Waals surface area contributed by atoms with Gasteiger partial charge >= 0.3 is 12.1 Å². The van der Waals surface area contributed by atoms with Crippen LogP contribution in [0, 0.1) is 12.7 Å². The van der Waals surface area contributed by atoms with Crippen molar-refractivity contribution in [1.29, 1.82) is 0 Å². The minimum Gasteiger partial charge on any atom is -0.478 e. The summed E-state index contributed by atoms with van der Waals surface area (Å²) in [7, 11) is 0. The second kappa shape index (κ2) is 4.57. The molecule has 0 atom stereocenters. The van der Waals surface area contributed by atoms with Gasteiger partial charge in [0.25, 0.3) is 0 Å². The Morgan fingerprint density at radius 1 is 1.35 bits per heavy atom. The predicted molar refractivity (Wildman–Crippen MR) is 52.8 cm³/mol. The van der Waals surface area contributed by atoms with Crippen molar-refractivity contribution in [3.63, 3.8) is 0 Å². The molecule has 0 radical (unpaired) electrons. The van der Waals surface area contributed by atoms with Crippen LogP contribution in [0.4, 0.5) is 17.6 Å². The Morgan fingerprint density at radius 3 is 2.41 bits per heavy atom. The first kappa shape index (κ1) is 13.2. The van der Waals surface area contributed by atoms with Crippen molar-refractivity contribution in [2.24, 2.45) is 0 Å². The Morgan fingerprint density at radius 2 is 1.94 bits per heavy atom. The topological polar surface area (TPSA) is 37.3 Å². The summed E-state index contributed by atoms with van der Waals surface area (Å²) in [6, 6.07) is 1.31. The Kier molecular flexibility index (Phi) is 3.55. The molecule has 0 amide bonds. The Balaban J connectivity index is 3.23. The second-order valence-electron chi connectivity index (χ2n) is 3.36. The number of hydrogen-bond donors (Lipinski definition) is 1. The highest BCUT2D eigenvalue weighted by Gasteiger charge is 2.33. The summed E-state index contributed by atoms with van der Waals surface area (Å²) >= 11 is 0. The molecule has 0 heterocycles. The lowest BCUT2D eigenvalue weighted by atomic mass is 10.0. The summed E-state index contributed by atoms with van der Waals surface area (Å²) in [6.07, 6.45) is -3.06. The molecular formula is C11H8F4O2.